The number of benzene rings is 1. The molecule has 1 fully saturated rings. The van der Waals surface area contributed by atoms with E-state index in [0.717, 1.165) is 59.9 Å². The average molecular weight is 359 g/mol. The van der Waals surface area contributed by atoms with E-state index in [1.54, 1.807) is 6.33 Å². The van der Waals surface area contributed by atoms with Gasteiger partial charge in [0.25, 0.3) is 0 Å². The summed E-state index contributed by atoms with van der Waals surface area (Å²) in [5, 5.41) is 1.05. The van der Waals surface area contributed by atoms with Gasteiger partial charge in [-0.1, -0.05) is 30.3 Å². The van der Waals surface area contributed by atoms with Gasteiger partial charge in [-0.25, -0.2) is 15.0 Å². The van der Waals surface area contributed by atoms with E-state index in [4.69, 9.17) is 5.73 Å². The number of imidazole rings is 1. The minimum absolute atomic E-state index is 0.451. The van der Waals surface area contributed by atoms with Crippen molar-refractivity contribution in [1.82, 2.24) is 24.9 Å². The highest BCUT2D eigenvalue weighted by Gasteiger charge is 2.35. The number of nitrogens with one attached hydrogen (secondary N) is 2. The standard InChI is InChI=1S/C20H21N7/c21-20(19-23-12-16(26-19)14-4-2-1-3-5-14)7-10-27(11-8-20)18-15-6-9-22-17(15)24-13-25-18/h1-6,9,12-13H,7-8,10-11,21H2,(H,23,26)(H,22,24,25). The van der Waals surface area contributed by atoms with E-state index in [1.165, 1.54) is 0 Å². The van der Waals surface area contributed by atoms with Crippen LogP contribution < -0.4 is 10.6 Å². The second-order valence-electron chi connectivity index (χ2n) is 7.09. The molecule has 7 nitrogen and oxygen atoms in total. The van der Waals surface area contributed by atoms with Crippen molar-refractivity contribution in [2.24, 2.45) is 5.73 Å². The maximum atomic E-state index is 6.75. The van der Waals surface area contributed by atoms with Crippen LogP contribution in [0.25, 0.3) is 22.3 Å². The van der Waals surface area contributed by atoms with Crippen LogP contribution in [-0.4, -0.2) is 38.0 Å². The summed E-state index contributed by atoms with van der Waals surface area (Å²) in [5.74, 6) is 1.82. The minimum Gasteiger partial charge on any atom is -0.356 e. The molecule has 0 aliphatic carbocycles. The van der Waals surface area contributed by atoms with E-state index < -0.39 is 5.54 Å². The maximum Gasteiger partial charge on any atom is 0.142 e. The van der Waals surface area contributed by atoms with Crippen LogP contribution in [0.4, 0.5) is 5.82 Å². The number of nitrogens with zero attached hydrogens (tertiary/aromatic N) is 4. The smallest absolute Gasteiger partial charge is 0.142 e. The van der Waals surface area contributed by atoms with Gasteiger partial charge in [0.05, 0.1) is 22.8 Å². The van der Waals surface area contributed by atoms with Crippen LogP contribution in [0.5, 0.6) is 0 Å². The lowest BCUT2D eigenvalue weighted by Gasteiger charge is -2.38. The van der Waals surface area contributed by atoms with E-state index in [1.807, 2.05) is 36.7 Å². The van der Waals surface area contributed by atoms with Crippen molar-refractivity contribution in [1.29, 1.82) is 0 Å². The third kappa shape index (κ3) is 2.76. The lowest BCUT2D eigenvalue weighted by atomic mass is 9.88. The van der Waals surface area contributed by atoms with Crippen molar-refractivity contribution in [3.05, 3.63) is 60.9 Å². The summed E-state index contributed by atoms with van der Waals surface area (Å²) >= 11 is 0. The van der Waals surface area contributed by atoms with Crippen LogP contribution in [0.3, 0.4) is 0 Å². The maximum absolute atomic E-state index is 6.75. The molecule has 0 unspecified atom stereocenters. The molecule has 1 aromatic carbocycles. The van der Waals surface area contributed by atoms with Gasteiger partial charge < -0.3 is 20.6 Å². The molecule has 4 N–H and O–H groups in total. The highest BCUT2D eigenvalue weighted by Crippen LogP contribution is 2.33. The molecule has 3 aromatic heterocycles. The Morgan fingerprint density at radius 1 is 1.00 bits per heavy atom. The van der Waals surface area contributed by atoms with E-state index >= 15 is 0 Å². The molecule has 0 amide bonds. The molecule has 1 saturated heterocycles. The summed E-state index contributed by atoms with van der Waals surface area (Å²) in [5.41, 5.74) is 9.28. The van der Waals surface area contributed by atoms with Crippen LogP contribution in [0.1, 0.15) is 18.7 Å². The minimum atomic E-state index is -0.451. The first-order chi connectivity index (χ1) is 13.2. The Labute approximate surface area is 156 Å². The van der Waals surface area contributed by atoms with E-state index in [9.17, 15) is 0 Å². The molecule has 7 heteroatoms. The molecule has 0 bridgehead atoms. The first kappa shape index (κ1) is 16.0. The largest absolute Gasteiger partial charge is 0.356 e. The number of aromatic nitrogens is 5. The van der Waals surface area contributed by atoms with Gasteiger partial charge in [0.2, 0.25) is 0 Å². The van der Waals surface area contributed by atoms with Gasteiger partial charge in [0, 0.05) is 19.3 Å². The lowest BCUT2D eigenvalue weighted by Crippen LogP contribution is -2.49. The summed E-state index contributed by atoms with van der Waals surface area (Å²) < 4.78 is 0. The fraction of sp³-hybridized carbons (Fsp3) is 0.250. The molecular formula is C20H21N7. The summed E-state index contributed by atoms with van der Waals surface area (Å²) in [6.45, 7) is 1.66. The van der Waals surface area contributed by atoms with Crippen LogP contribution in [0.15, 0.2) is 55.1 Å². The monoisotopic (exact) mass is 359 g/mol. The van der Waals surface area contributed by atoms with Crippen molar-refractivity contribution < 1.29 is 0 Å². The van der Waals surface area contributed by atoms with Gasteiger partial charge in [0.1, 0.15) is 23.6 Å². The van der Waals surface area contributed by atoms with Gasteiger partial charge in [-0.15, -0.1) is 0 Å². The molecular weight excluding hydrogens is 338 g/mol. The Kier molecular flexibility index (Phi) is 3.68. The zero-order valence-corrected chi connectivity index (χ0v) is 14.9. The summed E-state index contributed by atoms with van der Waals surface area (Å²) in [4.78, 5) is 22.2. The van der Waals surface area contributed by atoms with Gasteiger partial charge >= 0.3 is 0 Å². The van der Waals surface area contributed by atoms with Crippen molar-refractivity contribution in [2.75, 3.05) is 18.0 Å². The highest BCUT2D eigenvalue weighted by atomic mass is 15.2. The van der Waals surface area contributed by atoms with E-state index in [-0.39, 0.29) is 0 Å². The van der Waals surface area contributed by atoms with Gasteiger partial charge in [-0.05, 0) is 24.5 Å². The topological polar surface area (TPSA) is 99.5 Å². The number of nitrogens with two attached hydrogens (primary N) is 1. The molecule has 1 aliphatic heterocycles. The Balaban J connectivity index is 1.36. The quantitative estimate of drug-likeness (QED) is 0.522. The van der Waals surface area contributed by atoms with Crippen LogP contribution in [-0.2, 0) is 5.54 Å². The summed E-state index contributed by atoms with van der Waals surface area (Å²) in [6.07, 6.45) is 7.00. The fourth-order valence-corrected chi connectivity index (χ4v) is 3.80. The summed E-state index contributed by atoms with van der Waals surface area (Å²) in [7, 11) is 0. The van der Waals surface area contributed by atoms with Gasteiger partial charge in [-0.2, -0.15) is 0 Å². The number of piperidine rings is 1. The predicted molar refractivity (Wildman–Crippen MR) is 105 cm³/mol. The van der Waals surface area contributed by atoms with Crippen LogP contribution >= 0.6 is 0 Å². The molecule has 27 heavy (non-hydrogen) atoms. The number of rotatable bonds is 3. The predicted octanol–water partition coefficient (Wildman–Crippen LogP) is 2.80. The highest BCUT2D eigenvalue weighted by molar-refractivity contribution is 5.87. The Morgan fingerprint density at radius 3 is 2.63 bits per heavy atom. The second-order valence-corrected chi connectivity index (χ2v) is 7.09. The molecule has 0 atom stereocenters. The fourth-order valence-electron chi connectivity index (χ4n) is 3.80. The molecule has 136 valence electrons. The molecule has 1 aliphatic rings. The summed E-state index contributed by atoms with van der Waals surface area (Å²) in [6, 6.07) is 12.2. The third-order valence-electron chi connectivity index (χ3n) is 5.42. The molecule has 0 radical (unpaired) electrons. The number of fused-ring (bicyclic) bond motifs is 1. The molecule has 5 rings (SSSR count). The Bertz CT molecular complexity index is 1060. The molecule has 0 spiro atoms. The molecule has 4 heterocycles. The first-order valence-corrected chi connectivity index (χ1v) is 9.16. The average Bonchev–Trinajstić information content (AvgIpc) is 3.39. The number of anilines is 1. The lowest BCUT2D eigenvalue weighted by molar-refractivity contribution is 0.326. The Morgan fingerprint density at radius 2 is 1.81 bits per heavy atom. The SMILES string of the molecule is NC1(c2ncc(-c3ccccc3)[nH]2)CCN(c2ncnc3[nH]ccc23)CC1. The number of hydrogen-bond acceptors (Lipinski definition) is 5. The first-order valence-electron chi connectivity index (χ1n) is 9.16. The van der Waals surface area contributed by atoms with Crippen molar-refractivity contribution in [3.63, 3.8) is 0 Å². The van der Waals surface area contributed by atoms with Crippen molar-refractivity contribution in [2.45, 2.75) is 18.4 Å². The third-order valence-corrected chi connectivity index (χ3v) is 5.42. The molecule has 0 saturated carbocycles. The second kappa shape index (κ2) is 6.21. The molecule has 4 aromatic rings. The Hall–Kier alpha value is -3.19. The zero-order valence-electron chi connectivity index (χ0n) is 14.9. The van der Waals surface area contributed by atoms with Gasteiger partial charge in [-0.3, -0.25) is 0 Å². The van der Waals surface area contributed by atoms with Crippen molar-refractivity contribution in [3.8, 4) is 11.3 Å². The van der Waals surface area contributed by atoms with Crippen LogP contribution in [0, 0.1) is 0 Å². The van der Waals surface area contributed by atoms with Crippen molar-refractivity contribution >= 4 is 16.9 Å². The van der Waals surface area contributed by atoms with E-state index in [2.05, 4.69) is 42.0 Å². The van der Waals surface area contributed by atoms with Gasteiger partial charge in [0.15, 0.2) is 0 Å². The number of H-pyrrole nitrogens is 2. The zero-order chi connectivity index (χ0) is 18.3. The van der Waals surface area contributed by atoms with E-state index in [0.29, 0.717) is 0 Å². The number of hydrogen-bond donors (Lipinski definition) is 3. The normalized spacial score (nSPS) is 16.7. The number of aromatic amines is 2. The van der Waals surface area contributed by atoms with Crippen LogP contribution in [0.2, 0.25) is 0 Å².